The Morgan fingerprint density at radius 3 is 2.75 bits per heavy atom. The first-order valence-electron chi connectivity index (χ1n) is 4.61. The van der Waals surface area contributed by atoms with E-state index in [9.17, 15) is 0 Å². The Hall–Kier alpha value is -0.500. The van der Waals surface area contributed by atoms with E-state index in [0.29, 0.717) is 17.4 Å². The van der Waals surface area contributed by atoms with E-state index in [2.05, 4.69) is 25.7 Å². The van der Waals surface area contributed by atoms with Gasteiger partial charge in [-0.25, -0.2) is 0 Å². The number of nitrogens with one attached hydrogen (secondary N) is 1. The molecule has 0 bridgehead atoms. The van der Waals surface area contributed by atoms with Gasteiger partial charge in [0.2, 0.25) is 0 Å². The zero-order valence-electron chi connectivity index (χ0n) is 8.35. The van der Waals surface area contributed by atoms with Crippen LogP contribution in [0.2, 0.25) is 0 Å². The van der Waals surface area contributed by atoms with Gasteiger partial charge in [0.15, 0.2) is 0 Å². The van der Waals surface area contributed by atoms with Crippen molar-refractivity contribution in [2.45, 2.75) is 33.2 Å². The fraction of sp³-hybridized carbons (Fsp3) is 0.800. The second kappa shape index (κ2) is 3.09. The van der Waals surface area contributed by atoms with Crippen molar-refractivity contribution in [2.75, 3.05) is 6.54 Å². The van der Waals surface area contributed by atoms with E-state index in [0.717, 1.165) is 12.2 Å². The second-order valence-corrected chi connectivity index (χ2v) is 4.46. The van der Waals surface area contributed by atoms with Crippen molar-refractivity contribution in [1.29, 1.82) is 0 Å². The van der Waals surface area contributed by atoms with Gasteiger partial charge in [-0.3, -0.25) is 0 Å². The molecule has 0 aliphatic heterocycles. The fourth-order valence-corrected chi connectivity index (χ4v) is 1.82. The standard InChI is InChI=1S/C10H20N2/c1-7(2)12-6-10(4)5-9(10)8(3)11/h8-9,12H,1,5-6,11H2,2-4H3. The van der Waals surface area contributed by atoms with E-state index in [-0.39, 0.29) is 0 Å². The van der Waals surface area contributed by atoms with E-state index in [4.69, 9.17) is 5.73 Å². The molecule has 1 aliphatic rings. The minimum Gasteiger partial charge on any atom is -0.388 e. The molecule has 0 heterocycles. The first-order valence-corrected chi connectivity index (χ1v) is 4.61. The molecule has 0 radical (unpaired) electrons. The topological polar surface area (TPSA) is 38.0 Å². The summed E-state index contributed by atoms with van der Waals surface area (Å²) in [4.78, 5) is 0. The Balaban J connectivity index is 2.30. The molecule has 0 aromatic heterocycles. The van der Waals surface area contributed by atoms with E-state index in [1.807, 2.05) is 6.92 Å². The van der Waals surface area contributed by atoms with Crippen LogP contribution in [0.4, 0.5) is 0 Å². The molecule has 70 valence electrons. The van der Waals surface area contributed by atoms with Crippen LogP contribution in [0.1, 0.15) is 27.2 Å². The molecule has 1 aliphatic carbocycles. The molecule has 0 aromatic carbocycles. The average Bonchev–Trinajstić information content (AvgIpc) is 2.60. The highest BCUT2D eigenvalue weighted by molar-refractivity contribution is 5.05. The third-order valence-electron chi connectivity index (χ3n) is 2.85. The van der Waals surface area contributed by atoms with Crippen LogP contribution in [-0.2, 0) is 0 Å². The number of allylic oxidation sites excluding steroid dienone is 1. The van der Waals surface area contributed by atoms with Gasteiger partial charge in [-0.1, -0.05) is 13.5 Å². The van der Waals surface area contributed by atoms with Gasteiger partial charge in [0.05, 0.1) is 0 Å². The van der Waals surface area contributed by atoms with Crippen molar-refractivity contribution in [3.8, 4) is 0 Å². The molecule has 3 N–H and O–H groups in total. The third kappa shape index (κ3) is 2.01. The molecular weight excluding hydrogens is 148 g/mol. The molecule has 0 amide bonds. The maximum absolute atomic E-state index is 5.83. The number of nitrogens with two attached hydrogens (primary N) is 1. The maximum atomic E-state index is 5.83. The summed E-state index contributed by atoms with van der Waals surface area (Å²) in [5.74, 6) is 0.698. The molecule has 12 heavy (non-hydrogen) atoms. The molecule has 3 atom stereocenters. The quantitative estimate of drug-likeness (QED) is 0.667. The highest BCUT2D eigenvalue weighted by Gasteiger charge is 2.51. The Bertz CT molecular complexity index is 186. The van der Waals surface area contributed by atoms with Gasteiger partial charge >= 0.3 is 0 Å². The number of rotatable bonds is 4. The Morgan fingerprint density at radius 2 is 2.42 bits per heavy atom. The highest BCUT2D eigenvalue weighted by Crippen LogP contribution is 2.53. The summed E-state index contributed by atoms with van der Waals surface area (Å²) in [5, 5.41) is 3.28. The van der Waals surface area contributed by atoms with Gasteiger partial charge in [-0.2, -0.15) is 0 Å². The number of hydrogen-bond acceptors (Lipinski definition) is 2. The van der Waals surface area contributed by atoms with Gasteiger partial charge in [0.25, 0.3) is 0 Å². The van der Waals surface area contributed by atoms with Crippen molar-refractivity contribution >= 4 is 0 Å². The lowest BCUT2D eigenvalue weighted by atomic mass is 10.0. The molecule has 0 saturated heterocycles. The normalized spacial score (nSPS) is 35.8. The average molecular weight is 168 g/mol. The Labute approximate surface area is 75.2 Å². The monoisotopic (exact) mass is 168 g/mol. The summed E-state index contributed by atoms with van der Waals surface area (Å²) in [6.07, 6.45) is 1.25. The molecule has 1 saturated carbocycles. The van der Waals surface area contributed by atoms with Gasteiger partial charge < -0.3 is 11.1 Å². The van der Waals surface area contributed by atoms with Crippen LogP contribution < -0.4 is 11.1 Å². The number of hydrogen-bond donors (Lipinski definition) is 2. The molecule has 2 heteroatoms. The minimum atomic E-state index is 0.335. The molecule has 0 spiro atoms. The summed E-state index contributed by atoms with van der Waals surface area (Å²) >= 11 is 0. The van der Waals surface area contributed by atoms with E-state index < -0.39 is 0 Å². The van der Waals surface area contributed by atoms with Crippen molar-refractivity contribution in [1.82, 2.24) is 5.32 Å². The van der Waals surface area contributed by atoms with Gasteiger partial charge in [0.1, 0.15) is 0 Å². The van der Waals surface area contributed by atoms with Crippen molar-refractivity contribution in [3.05, 3.63) is 12.3 Å². The van der Waals surface area contributed by atoms with Gasteiger partial charge in [0, 0.05) is 18.3 Å². The first kappa shape index (κ1) is 9.59. The van der Waals surface area contributed by atoms with Crippen molar-refractivity contribution in [3.63, 3.8) is 0 Å². The Morgan fingerprint density at radius 1 is 1.83 bits per heavy atom. The smallest absolute Gasteiger partial charge is 0.0200 e. The SMILES string of the molecule is C=C(C)NCC1(C)CC1C(C)N. The summed E-state index contributed by atoms with van der Waals surface area (Å²) in [6.45, 7) is 11.2. The van der Waals surface area contributed by atoms with E-state index >= 15 is 0 Å². The van der Waals surface area contributed by atoms with E-state index in [1.165, 1.54) is 6.42 Å². The lowest BCUT2D eigenvalue weighted by Gasteiger charge is -2.14. The summed E-state index contributed by atoms with van der Waals surface area (Å²) in [7, 11) is 0. The van der Waals surface area contributed by atoms with Crippen LogP contribution in [-0.4, -0.2) is 12.6 Å². The van der Waals surface area contributed by atoms with Crippen LogP contribution in [0.25, 0.3) is 0 Å². The largest absolute Gasteiger partial charge is 0.388 e. The van der Waals surface area contributed by atoms with Crippen LogP contribution in [0.5, 0.6) is 0 Å². The van der Waals surface area contributed by atoms with Gasteiger partial charge in [-0.05, 0) is 31.6 Å². The Kier molecular flexibility index (Phi) is 2.47. The molecular formula is C10H20N2. The van der Waals surface area contributed by atoms with Crippen molar-refractivity contribution < 1.29 is 0 Å². The fourth-order valence-electron chi connectivity index (χ4n) is 1.82. The lowest BCUT2D eigenvalue weighted by Crippen LogP contribution is -2.27. The highest BCUT2D eigenvalue weighted by atomic mass is 14.9. The zero-order chi connectivity index (χ0) is 9.35. The third-order valence-corrected chi connectivity index (χ3v) is 2.85. The summed E-state index contributed by atoms with van der Waals surface area (Å²) in [6, 6.07) is 0.335. The van der Waals surface area contributed by atoms with Crippen LogP contribution >= 0.6 is 0 Å². The predicted molar refractivity (Wildman–Crippen MR) is 52.7 cm³/mol. The molecule has 1 fully saturated rings. The van der Waals surface area contributed by atoms with Crippen LogP contribution in [0.15, 0.2) is 12.3 Å². The molecule has 3 unspecified atom stereocenters. The van der Waals surface area contributed by atoms with Crippen LogP contribution in [0, 0.1) is 11.3 Å². The predicted octanol–water partition coefficient (Wildman–Crippen LogP) is 1.48. The second-order valence-electron chi connectivity index (χ2n) is 4.46. The van der Waals surface area contributed by atoms with Gasteiger partial charge in [-0.15, -0.1) is 0 Å². The molecule has 1 rings (SSSR count). The van der Waals surface area contributed by atoms with Crippen LogP contribution in [0.3, 0.4) is 0 Å². The molecule has 0 aromatic rings. The summed E-state index contributed by atoms with van der Waals surface area (Å²) in [5.41, 5.74) is 7.30. The minimum absolute atomic E-state index is 0.335. The molecule has 2 nitrogen and oxygen atoms in total. The van der Waals surface area contributed by atoms with E-state index in [1.54, 1.807) is 0 Å². The lowest BCUT2D eigenvalue weighted by molar-refractivity contribution is 0.444. The maximum Gasteiger partial charge on any atom is 0.0200 e. The van der Waals surface area contributed by atoms with Crippen molar-refractivity contribution in [2.24, 2.45) is 17.1 Å². The zero-order valence-corrected chi connectivity index (χ0v) is 8.35. The summed E-state index contributed by atoms with van der Waals surface area (Å²) < 4.78 is 0. The first-order chi connectivity index (χ1) is 5.46.